The van der Waals surface area contributed by atoms with Gasteiger partial charge in [0.15, 0.2) is 0 Å². The van der Waals surface area contributed by atoms with Crippen molar-refractivity contribution in [3.05, 3.63) is 47.3 Å². The zero-order valence-corrected chi connectivity index (χ0v) is 15.9. The average molecular weight is 375 g/mol. The summed E-state index contributed by atoms with van der Waals surface area (Å²) in [5.74, 6) is 0.371. The predicted molar refractivity (Wildman–Crippen MR) is 106 cm³/mol. The topological polar surface area (TPSA) is 79.5 Å². The maximum Gasteiger partial charge on any atom is 0.324 e. The summed E-state index contributed by atoms with van der Waals surface area (Å²) in [5, 5.41) is 8.93. The molecular weight excluding hydrogens is 350 g/mol. The number of thiophene rings is 1. The molecule has 0 unspecified atom stereocenters. The third-order valence-corrected chi connectivity index (χ3v) is 4.30. The van der Waals surface area contributed by atoms with Gasteiger partial charge in [-0.25, -0.2) is 4.79 Å². The first-order chi connectivity index (χ1) is 12.5. The van der Waals surface area contributed by atoms with Crippen molar-refractivity contribution in [2.24, 2.45) is 5.92 Å². The Labute approximate surface area is 157 Å². The van der Waals surface area contributed by atoms with E-state index >= 15 is 0 Å². The lowest BCUT2D eigenvalue weighted by Gasteiger charge is -2.07. The lowest BCUT2D eigenvalue weighted by atomic mass is 10.2. The van der Waals surface area contributed by atoms with Crippen molar-refractivity contribution >= 4 is 34.0 Å². The molecule has 2 aromatic rings. The highest BCUT2D eigenvalue weighted by Crippen LogP contribution is 2.22. The summed E-state index contributed by atoms with van der Waals surface area (Å²) in [7, 11) is 0. The number of nitrogens with one attached hydrogen (secondary N) is 3. The SMILES string of the molecule is CC(C)COCCCNC(=O)c1ccc(NC(=O)Nc2ccccc2)s1. The Morgan fingerprint density at radius 3 is 2.58 bits per heavy atom. The summed E-state index contributed by atoms with van der Waals surface area (Å²) in [6.45, 7) is 6.13. The highest BCUT2D eigenvalue weighted by atomic mass is 32.1. The van der Waals surface area contributed by atoms with E-state index in [9.17, 15) is 9.59 Å². The van der Waals surface area contributed by atoms with Crippen molar-refractivity contribution in [1.29, 1.82) is 0 Å². The van der Waals surface area contributed by atoms with Crippen LogP contribution in [0.3, 0.4) is 0 Å². The summed E-state index contributed by atoms with van der Waals surface area (Å²) in [4.78, 5) is 24.6. The minimum Gasteiger partial charge on any atom is -0.381 e. The third kappa shape index (κ3) is 7.25. The van der Waals surface area contributed by atoms with Gasteiger partial charge in [0, 0.05) is 25.4 Å². The van der Waals surface area contributed by atoms with Crippen molar-refractivity contribution in [2.45, 2.75) is 20.3 Å². The fourth-order valence-corrected chi connectivity index (χ4v) is 2.92. The largest absolute Gasteiger partial charge is 0.381 e. The molecule has 7 heteroatoms. The number of anilines is 2. The molecule has 0 spiro atoms. The van der Waals surface area contributed by atoms with Gasteiger partial charge in [0.05, 0.1) is 9.88 Å². The molecule has 0 radical (unpaired) electrons. The van der Waals surface area contributed by atoms with E-state index < -0.39 is 0 Å². The van der Waals surface area contributed by atoms with E-state index in [0.717, 1.165) is 13.0 Å². The predicted octanol–water partition coefficient (Wildman–Crippen LogP) is 4.18. The molecule has 0 aliphatic heterocycles. The van der Waals surface area contributed by atoms with Gasteiger partial charge >= 0.3 is 6.03 Å². The molecule has 0 fully saturated rings. The van der Waals surface area contributed by atoms with Crippen molar-refractivity contribution in [2.75, 3.05) is 30.4 Å². The number of para-hydroxylation sites is 1. The van der Waals surface area contributed by atoms with Crippen LogP contribution in [-0.2, 0) is 4.74 Å². The molecule has 6 nitrogen and oxygen atoms in total. The molecule has 26 heavy (non-hydrogen) atoms. The van der Waals surface area contributed by atoms with Crippen LogP contribution >= 0.6 is 11.3 Å². The van der Waals surface area contributed by atoms with Crippen LogP contribution in [0.2, 0.25) is 0 Å². The molecule has 0 saturated carbocycles. The van der Waals surface area contributed by atoms with Gasteiger partial charge in [-0.15, -0.1) is 11.3 Å². The fraction of sp³-hybridized carbons (Fsp3) is 0.368. The van der Waals surface area contributed by atoms with Gasteiger partial charge in [-0.1, -0.05) is 32.0 Å². The standard InChI is InChI=1S/C19H25N3O3S/c1-14(2)13-25-12-6-11-20-18(23)16-9-10-17(26-16)22-19(24)21-15-7-4-3-5-8-15/h3-5,7-10,14H,6,11-13H2,1-2H3,(H,20,23)(H2,21,22,24). The Kier molecular flexibility index (Phi) is 8.11. The maximum absolute atomic E-state index is 12.1. The Bertz CT molecular complexity index is 701. The molecular formula is C19H25N3O3S. The maximum atomic E-state index is 12.1. The first-order valence-corrected chi connectivity index (χ1v) is 9.45. The summed E-state index contributed by atoms with van der Waals surface area (Å²) in [6, 6.07) is 12.3. The number of benzene rings is 1. The van der Waals surface area contributed by atoms with E-state index in [0.29, 0.717) is 34.6 Å². The third-order valence-electron chi connectivity index (χ3n) is 3.30. The van der Waals surface area contributed by atoms with Gasteiger partial charge in [0.1, 0.15) is 0 Å². The number of ether oxygens (including phenoxy) is 1. The number of hydrogen-bond donors (Lipinski definition) is 3. The molecule has 1 aromatic carbocycles. The zero-order chi connectivity index (χ0) is 18.8. The molecule has 0 aliphatic rings. The molecule has 0 atom stereocenters. The molecule has 3 N–H and O–H groups in total. The summed E-state index contributed by atoms with van der Waals surface area (Å²) >= 11 is 1.24. The summed E-state index contributed by atoms with van der Waals surface area (Å²) in [5.41, 5.74) is 0.708. The number of carbonyl (C=O) groups is 2. The van der Waals surface area contributed by atoms with Crippen LogP contribution in [0.4, 0.5) is 15.5 Å². The van der Waals surface area contributed by atoms with Crippen molar-refractivity contribution in [3.8, 4) is 0 Å². The van der Waals surface area contributed by atoms with Gasteiger partial charge in [-0.2, -0.15) is 0 Å². The lowest BCUT2D eigenvalue weighted by molar-refractivity contribution is 0.0928. The van der Waals surface area contributed by atoms with E-state index in [1.165, 1.54) is 11.3 Å². The van der Waals surface area contributed by atoms with Crippen LogP contribution < -0.4 is 16.0 Å². The smallest absolute Gasteiger partial charge is 0.324 e. The monoisotopic (exact) mass is 375 g/mol. The molecule has 1 aromatic heterocycles. The fourth-order valence-electron chi connectivity index (χ4n) is 2.11. The first kappa shape index (κ1) is 19.9. The molecule has 0 bridgehead atoms. The average Bonchev–Trinajstić information content (AvgIpc) is 3.06. The number of carbonyl (C=O) groups excluding carboxylic acids is 2. The molecule has 3 amide bonds. The molecule has 2 rings (SSSR count). The minimum absolute atomic E-state index is 0.143. The summed E-state index contributed by atoms with van der Waals surface area (Å²) < 4.78 is 5.48. The molecule has 140 valence electrons. The number of urea groups is 1. The second kappa shape index (κ2) is 10.6. The van der Waals surface area contributed by atoms with E-state index in [4.69, 9.17) is 4.74 Å². The highest BCUT2D eigenvalue weighted by Gasteiger charge is 2.10. The van der Waals surface area contributed by atoms with Crippen molar-refractivity contribution < 1.29 is 14.3 Å². The van der Waals surface area contributed by atoms with Crippen LogP contribution in [0.15, 0.2) is 42.5 Å². The number of amides is 3. The van der Waals surface area contributed by atoms with Crippen LogP contribution in [0.1, 0.15) is 29.9 Å². The minimum atomic E-state index is -0.340. The molecule has 1 heterocycles. The van der Waals surface area contributed by atoms with Crippen LogP contribution in [0.25, 0.3) is 0 Å². The van der Waals surface area contributed by atoms with Crippen molar-refractivity contribution in [1.82, 2.24) is 5.32 Å². The first-order valence-electron chi connectivity index (χ1n) is 8.63. The van der Waals surface area contributed by atoms with Crippen molar-refractivity contribution in [3.63, 3.8) is 0 Å². The van der Waals surface area contributed by atoms with Crippen LogP contribution in [-0.4, -0.2) is 31.7 Å². The van der Waals surface area contributed by atoms with Gasteiger partial charge < -0.3 is 15.4 Å². The normalized spacial score (nSPS) is 10.6. The number of hydrogen-bond acceptors (Lipinski definition) is 4. The quantitative estimate of drug-likeness (QED) is 0.575. The highest BCUT2D eigenvalue weighted by molar-refractivity contribution is 7.18. The van der Waals surface area contributed by atoms with E-state index in [-0.39, 0.29) is 11.9 Å². The Balaban J connectivity index is 1.71. The Morgan fingerprint density at radius 2 is 1.85 bits per heavy atom. The van der Waals surface area contributed by atoms with Gasteiger partial charge in [-0.3, -0.25) is 10.1 Å². The van der Waals surface area contributed by atoms with E-state index in [1.54, 1.807) is 24.3 Å². The van der Waals surface area contributed by atoms with E-state index in [2.05, 4.69) is 29.8 Å². The van der Waals surface area contributed by atoms with Crippen LogP contribution in [0, 0.1) is 5.92 Å². The second-order valence-corrected chi connectivity index (χ2v) is 7.27. The Morgan fingerprint density at radius 1 is 1.08 bits per heavy atom. The van der Waals surface area contributed by atoms with Gasteiger partial charge in [-0.05, 0) is 36.6 Å². The number of rotatable bonds is 9. The summed E-state index contributed by atoms with van der Waals surface area (Å²) in [6.07, 6.45) is 0.772. The van der Waals surface area contributed by atoms with E-state index in [1.807, 2.05) is 18.2 Å². The molecule has 0 aliphatic carbocycles. The van der Waals surface area contributed by atoms with Gasteiger partial charge in [0.25, 0.3) is 5.91 Å². The Hall–Kier alpha value is -2.38. The molecule has 0 saturated heterocycles. The van der Waals surface area contributed by atoms with Gasteiger partial charge in [0.2, 0.25) is 0 Å². The second-order valence-electron chi connectivity index (χ2n) is 6.19. The zero-order valence-electron chi connectivity index (χ0n) is 15.1. The lowest BCUT2D eigenvalue weighted by Crippen LogP contribution is -2.24. The van der Waals surface area contributed by atoms with Crippen LogP contribution in [0.5, 0.6) is 0 Å².